The van der Waals surface area contributed by atoms with Crippen LogP contribution in [-0.2, 0) is 14.3 Å². The molecule has 0 rings (SSSR count). The first-order valence-electron chi connectivity index (χ1n) is 31.4. The number of carbonyl (C=O) groups is 2. The predicted molar refractivity (Wildman–Crippen MR) is 301 cm³/mol. The minimum Gasteiger partial charge on any atom is -0.466 e. The summed E-state index contributed by atoms with van der Waals surface area (Å²) in [6.07, 6.45) is 70.8. The fourth-order valence-electron chi connectivity index (χ4n) is 9.99. The molecule has 6 heteroatoms. The van der Waals surface area contributed by atoms with Crippen LogP contribution in [0.2, 0.25) is 0 Å². The van der Waals surface area contributed by atoms with Crippen LogP contribution < -0.4 is 5.32 Å². The second kappa shape index (κ2) is 59.2. The lowest BCUT2D eigenvalue weighted by Gasteiger charge is -2.22. The average molecular weight is 975 g/mol. The summed E-state index contributed by atoms with van der Waals surface area (Å²) < 4.78 is 5.46. The van der Waals surface area contributed by atoms with E-state index >= 15 is 0 Å². The normalized spacial score (nSPS) is 12.6. The molecule has 3 N–H and O–H groups in total. The van der Waals surface area contributed by atoms with Gasteiger partial charge in [0.2, 0.25) is 5.91 Å². The summed E-state index contributed by atoms with van der Waals surface area (Å²) in [7, 11) is 0. The highest BCUT2D eigenvalue weighted by Crippen LogP contribution is 2.18. The predicted octanol–water partition coefficient (Wildman–Crippen LogP) is 19.6. The van der Waals surface area contributed by atoms with Crippen molar-refractivity contribution in [1.29, 1.82) is 0 Å². The van der Waals surface area contributed by atoms with Crippen LogP contribution in [0.4, 0.5) is 0 Å². The number of carbonyl (C=O) groups excluding carboxylic acids is 2. The second-order valence-electron chi connectivity index (χ2n) is 21.7. The van der Waals surface area contributed by atoms with E-state index in [2.05, 4.69) is 31.3 Å². The van der Waals surface area contributed by atoms with E-state index in [1.807, 2.05) is 0 Å². The van der Waals surface area contributed by atoms with Gasteiger partial charge in [0.25, 0.3) is 0 Å². The number of amides is 1. The van der Waals surface area contributed by atoms with Crippen molar-refractivity contribution in [2.75, 3.05) is 13.2 Å². The molecule has 0 aromatic carbocycles. The maximum absolute atomic E-state index is 12.5. The molecule has 0 saturated heterocycles. The third kappa shape index (κ3) is 55.8. The molecular weight excluding hydrogens is 851 g/mol. The molecule has 0 aromatic rings. The first kappa shape index (κ1) is 67.6. The van der Waals surface area contributed by atoms with Gasteiger partial charge in [-0.1, -0.05) is 302 Å². The monoisotopic (exact) mass is 974 g/mol. The third-order valence-corrected chi connectivity index (χ3v) is 14.8. The Morgan fingerprint density at radius 2 is 0.681 bits per heavy atom. The summed E-state index contributed by atoms with van der Waals surface area (Å²) in [6.45, 7) is 4.91. The van der Waals surface area contributed by atoms with Gasteiger partial charge in [-0.15, -0.1) is 0 Å². The molecule has 410 valence electrons. The molecular formula is C63H123NO5. The van der Waals surface area contributed by atoms with Crippen molar-refractivity contribution >= 4 is 11.9 Å². The molecule has 0 saturated carbocycles. The van der Waals surface area contributed by atoms with Crippen LogP contribution in [0, 0.1) is 0 Å². The summed E-state index contributed by atoms with van der Waals surface area (Å²) in [6, 6.07) is -0.563. The number of aliphatic hydroxyl groups excluding tert-OH is 2. The van der Waals surface area contributed by atoms with E-state index in [-0.39, 0.29) is 18.5 Å². The summed E-state index contributed by atoms with van der Waals surface area (Å²) >= 11 is 0. The van der Waals surface area contributed by atoms with Gasteiger partial charge < -0.3 is 20.3 Å². The lowest BCUT2D eigenvalue weighted by molar-refractivity contribution is -0.143. The Bertz CT molecular complexity index is 1030. The zero-order valence-corrected chi connectivity index (χ0v) is 46.8. The Morgan fingerprint density at radius 1 is 0.391 bits per heavy atom. The van der Waals surface area contributed by atoms with E-state index in [0.717, 1.165) is 77.0 Å². The SMILES string of the molecule is CCCCCCCCCCCCCCCCCCCCCCCCCCCC(O)C(CO)NC(=O)CCCCCCC/C=C\CCCCOC(=O)CCCCCCCCCCCCCCCCCC. The van der Waals surface area contributed by atoms with Gasteiger partial charge in [0.15, 0.2) is 0 Å². The number of unbranched alkanes of at least 4 members (excludes halogenated alkanes) is 46. The Kier molecular flexibility index (Phi) is 58.0. The first-order chi connectivity index (χ1) is 34.0. The number of hydrogen-bond acceptors (Lipinski definition) is 5. The van der Waals surface area contributed by atoms with E-state index in [9.17, 15) is 19.8 Å². The molecule has 0 aliphatic carbocycles. The molecule has 6 nitrogen and oxygen atoms in total. The molecule has 0 spiro atoms. The molecule has 0 heterocycles. The molecule has 0 aliphatic heterocycles. The number of hydrogen-bond donors (Lipinski definition) is 3. The molecule has 0 aromatic heterocycles. The largest absolute Gasteiger partial charge is 0.466 e. The van der Waals surface area contributed by atoms with Gasteiger partial charge in [-0.05, 0) is 51.4 Å². The molecule has 2 atom stereocenters. The molecule has 0 fully saturated rings. The maximum Gasteiger partial charge on any atom is 0.305 e. The molecule has 0 bridgehead atoms. The zero-order valence-electron chi connectivity index (χ0n) is 46.8. The lowest BCUT2D eigenvalue weighted by atomic mass is 10.0. The van der Waals surface area contributed by atoms with E-state index in [1.165, 1.54) is 244 Å². The van der Waals surface area contributed by atoms with E-state index in [4.69, 9.17) is 4.74 Å². The summed E-state index contributed by atoms with van der Waals surface area (Å²) in [5, 5.41) is 23.4. The van der Waals surface area contributed by atoms with Gasteiger partial charge in [0.05, 0.1) is 25.4 Å². The summed E-state index contributed by atoms with van der Waals surface area (Å²) in [5.74, 6) is -0.0855. The topological polar surface area (TPSA) is 95.9 Å². The molecule has 2 unspecified atom stereocenters. The Balaban J connectivity index is 3.47. The van der Waals surface area contributed by atoms with Crippen LogP contribution in [0.5, 0.6) is 0 Å². The summed E-state index contributed by atoms with van der Waals surface area (Å²) in [4.78, 5) is 24.6. The minimum atomic E-state index is -0.683. The molecule has 69 heavy (non-hydrogen) atoms. The number of nitrogens with one attached hydrogen (secondary N) is 1. The minimum absolute atomic E-state index is 0.0263. The van der Waals surface area contributed by atoms with E-state index in [0.29, 0.717) is 25.9 Å². The smallest absolute Gasteiger partial charge is 0.305 e. The Hall–Kier alpha value is -1.40. The number of allylic oxidation sites excluding steroid dienone is 2. The van der Waals surface area contributed by atoms with Gasteiger partial charge in [0.1, 0.15) is 0 Å². The van der Waals surface area contributed by atoms with Crippen molar-refractivity contribution in [2.45, 2.75) is 366 Å². The summed E-state index contributed by atoms with van der Waals surface area (Å²) in [5.41, 5.74) is 0. The van der Waals surface area contributed by atoms with Crippen molar-refractivity contribution in [3.8, 4) is 0 Å². The van der Waals surface area contributed by atoms with Crippen molar-refractivity contribution in [1.82, 2.24) is 5.32 Å². The lowest BCUT2D eigenvalue weighted by Crippen LogP contribution is -2.45. The van der Waals surface area contributed by atoms with Crippen LogP contribution in [0.1, 0.15) is 354 Å². The number of rotatable bonds is 59. The Labute approximate surface area is 431 Å². The fraction of sp³-hybridized carbons (Fsp3) is 0.937. The van der Waals surface area contributed by atoms with Gasteiger partial charge in [0, 0.05) is 12.8 Å². The van der Waals surface area contributed by atoms with Crippen molar-refractivity contribution in [3.05, 3.63) is 12.2 Å². The van der Waals surface area contributed by atoms with Crippen LogP contribution in [0.25, 0.3) is 0 Å². The van der Waals surface area contributed by atoms with Crippen LogP contribution in [-0.4, -0.2) is 47.4 Å². The van der Waals surface area contributed by atoms with Gasteiger partial charge in [-0.2, -0.15) is 0 Å². The molecule has 1 amide bonds. The van der Waals surface area contributed by atoms with Gasteiger partial charge in [-0.25, -0.2) is 0 Å². The van der Waals surface area contributed by atoms with Crippen molar-refractivity contribution in [2.24, 2.45) is 0 Å². The van der Waals surface area contributed by atoms with E-state index < -0.39 is 12.1 Å². The third-order valence-electron chi connectivity index (χ3n) is 14.8. The number of esters is 1. The van der Waals surface area contributed by atoms with Gasteiger partial charge >= 0.3 is 5.97 Å². The fourth-order valence-corrected chi connectivity index (χ4v) is 9.99. The molecule has 0 aliphatic rings. The van der Waals surface area contributed by atoms with Gasteiger partial charge in [-0.3, -0.25) is 9.59 Å². The maximum atomic E-state index is 12.5. The van der Waals surface area contributed by atoms with Crippen LogP contribution in [0.15, 0.2) is 12.2 Å². The zero-order chi connectivity index (χ0) is 50.0. The molecule has 0 radical (unpaired) electrons. The second-order valence-corrected chi connectivity index (χ2v) is 21.7. The van der Waals surface area contributed by atoms with E-state index in [1.54, 1.807) is 0 Å². The number of ether oxygens (including phenoxy) is 1. The van der Waals surface area contributed by atoms with Crippen LogP contribution in [0.3, 0.4) is 0 Å². The van der Waals surface area contributed by atoms with Crippen molar-refractivity contribution < 1.29 is 24.5 Å². The Morgan fingerprint density at radius 3 is 1.03 bits per heavy atom. The van der Waals surface area contributed by atoms with Crippen molar-refractivity contribution in [3.63, 3.8) is 0 Å². The average Bonchev–Trinajstić information content (AvgIpc) is 3.35. The highest BCUT2D eigenvalue weighted by Gasteiger charge is 2.20. The highest BCUT2D eigenvalue weighted by molar-refractivity contribution is 5.76. The van der Waals surface area contributed by atoms with Crippen LogP contribution >= 0.6 is 0 Å². The highest BCUT2D eigenvalue weighted by atomic mass is 16.5. The standard InChI is InChI=1S/C63H123NO5/c1-3-5-7-9-11-13-15-17-19-21-22-23-24-25-26-27-28-29-30-32-35-39-43-47-51-55-61(66)60(59-65)64-62(67)56-52-48-44-40-36-34-38-42-46-50-54-58-69-63(68)57-53-49-45-41-37-33-31-20-18-16-14-12-10-8-6-4-2/h38,42,60-61,65-66H,3-37,39-41,43-59H2,1-2H3,(H,64,67)/b42-38-. The first-order valence-corrected chi connectivity index (χ1v) is 31.4. The quantitative estimate of drug-likeness (QED) is 0.0321. The number of aliphatic hydroxyl groups is 2.